The number of rotatable bonds is 7. The average Bonchev–Trinajstić information content (AvgIpc) is 3.04. The summed E-state index contributed by atoms with van der Waals surface area (Å²) < 4.78 is 35.0. The minimum absolute atomic E-state index is 0.0550. The van der Waals surface area contributed by atoms with Crippen LogP contribution in [0.15, 0.2) is 36.8 Å². The van der Waals surface area contributed by atoms with Crippen LogP contribution in [0.3, 0.4) is 0 Å². The zero-order chi connectivity index (χ0) is 20.3. The number of methoxy groups -OCH3 is 1. The first kappa shape index (κ1) is 20.1. The Morgan fingerprint density at radius 1 is 1.18 bits per heavy atom. The predicted octanol–water partition coefficient (Wildman–Crippen LogP) is 1.84. The third-order valence-electron chi connectivity index (χ3n) is 4.07. The second-order valence-corrected chi connectivity index (χ2v) is 8.36. The van der Waals surface area contributed by atoms with Crippen molar-refractivity contribution in [1.29, 1.82) is 0 Å². The number of hydrogen-bond acceptors (Lipinski definition) is 8. The topological polar surface area (TPSA) is 125 Å². The number of nitrogens with zero attached hydrogens (tertiary/aromatic N) is 6. The number of nitrogens with one attached hydrogen (secondary N) is 1. The van der Waals surface area contributed by atoms with Gasteiger partial charge in [-0.2, -0.15) is 0 Å². The molecule has 0 amide bonds. The molecule has 2 atom stereocenters. The van der Waals surface area contributed by atoms with Crippen LogP contribution in [0.4, 0.5) is 5.95 Å². The quantitative estimate of drug-likeness (QED) is 0.610. The minimum Gasteiger partial charge on any atom is -0.372 e. The third kappa shape index (κ3) is 4.11. The van der Waals surface area contributed by atoms with Crippen LogP contribution in [0.2, 0.25) is 5.02 Å². The van der Waals surface area contributed by atoms with Gasteiger partial charge in [0.25, 0.3) is 0 Å². The van der Waals surface area contributed by atoms with Crippen molar-refractivity contribution in [3.8, 4) is 11.5 Å². The van der Waals surface area contributed by atoms with E-state index < -0.39 is 21.4 Å². The van der Waals surface area contributed by atoms with E-state index in [9.17, 15) is 8.42 Å². The van der Waals surface area contributed by atoms with E-state index in [0.29, 0.717) is 16.5 Å². The molecule has 0 saturated carbocycles. The Bertz CT molecular complexity index is 1040. The third-order valence-corrected chi connectivity index (χ3v) is 5.96. The number of hydrogen-bond donors (Lipinski definition) is 1. The fourth-order valence-corrected chi connectivity index (χ4v) is 3.77. The molecule has 0 saturated heterocycles. The summed E-state index contributed by atoms with van der Waals surface area (Å²) in [4.78, 5) is 12.3. The van der Waals surface area contributed by atoms with Gasteiger partial charge in [0.05, 0.1) is 5.02 Å². The van der Waals surface area contributed by atoms with Gasteiger partial charge in [0, 0.05) is 32.7 Å². The zero-order valence-corrected chi connectivity index (χ0v) is 16.9. The van der Waals surface area contributed by atoms with E-state index in [1.165, 1.54) is 31.0 Å². The van der Waals surface area contributed by atoms with Crippen molar-refractivity contribution in [1.82, 2.24) is 29.7 Å². The van der Waals surface area contributed by atoms with Crippen molar-refractivity contribution in [3.05, 3.63) is 47.6 Å². The normalized spacial score (nSPS) is 13.9. The molecule has 2 unspecified atom stereocenters. The molecule has 3 heterocycles. The summed E-state index contributed by atoms with van der Waals surface area (Å²) in [5, 5.41) is 7.26. The molecule has 0 radical (unpaired) electrons. The van der Waals surface area contributed by atoms with Crippen molar-refractivity contribution in [3.63, 3.8) is 0 Å². The van der Waals surface area contributed by atoms with Gasteiger partial charge in [-0.05, 0) is 19.1 Å². The molecule has 0 spiro atoms. The lowest BCUT2D eigenvalue weighted by Crippen LogP contribution is -2.33. The minimum atomic E-state index is -3.91. The number of aromatic nitrogens is 6. The maximum Gasteiger partial charge on any atom is 0.240 e. The lowest BCUT2D eigenvalue weighted by Gasteiger charge is -2.21. The van der Waals surface area contributed by atoms with Gasteiger partial charge in [-0.1, -0.05) is 17.7 Å². The summed E-state index contributed by atoms with van der Waals surface area (Å²) >= 11 is 5.79. The maximum absolute atomic E-state index is 12.9. The smallest absolute Gasteiger partial charge is 0.240 e. The number of sulfonamides is 1. The zero-order valence-electron chi connectivity index (χ0n) is 15.3. The molecule has 0 bridgehead atoms. The molecule has 10 nitrogen and oxygen atoms in total. The Kier molecular flexibility index (Phi) is 5.87. The van der Waals surface area contributed by atoms with Crippen molar-refractivity contribution in [2.45, 2.75) is 18.3 Å². The van der Waals surface area contributed by atoms with Gasteiger partial charge in [-0.3, -0.25) is 14.3 Å². The Balaban J connectivity index is 1.85. The van der Waals surface area contributed by atoms with Crippen molar-refractivity contribution < 1.29 is 13.2 Å². The average molecular weight is 424 g/mol. The maximum atomic E-state index is 12.9. The second-order valence-electron chi connectivity index (χ2n) is 5.89. The Morgan fingerprint density at radius 3 is 2.50 bits per heavy atom. The van der Waals surface area contributed by atoms with Crippen LogP contribution in [0, 0.1) is 0 Å². The van der Waals surface area contributed by atoms with Gasteiger partial charge in [0.2, 0.25) is 16.0 Å². The molecule has 0 aliphatic heterocycles. The first-order valence-corrected chi connectivity index (χ1v) is 10.1. The van der Waals surface area contributed by atoms with Crippen LogP contribution in [-0.4, -0.2) is 50.5 Å². The number of anilines is 1. The fourth-order valence-electron chi connectivity index (χ4n) is 2.50. The summed E-state index contributed by atoms with van der Waals surface area (Å²) in [6.07, 6.45) is 3.47. The highest BCUT2D eigenvalue weighted by molar-refractivity contribution is 7.93. The van der Waals surface area contributed by atoms with Crippen molar-refractivity contribution in [2.75, 3.05) is 11.8 Å². The van der Waals surface area contributed by atoms with Crippen molar-refractivity contribution in [2.24, 2.45) is 7.05 Å². The van der Waals surface area contributed by atoms with E-state index in [1.54, 1.807) is 31.4 Å². The van der Waals surface area contributed by atoms with Gasteiger partial charge >= 0.3 is 0 Å². The number of halogens is 1. The summed E-state index contributed by atoms with van der Waals surface area (Å²) in [6, 6.07) is 5.33. The highest BCUT2D eigenvalue weighted by atomic mass is 35.5. The Labute approximate surface area is 167 Å². The highest BCUT2D eigenvalue weighted by Crippen LogP contribution is 2.25. The second kappa shape index (κ2) is 8.17. The van der Waals surface area contributed by atoms with Crippen LogP contribution in [-0.2, 0) is 21.8 Å². The molecule has 3 aromatic heterocycles. The van der Waals surface area contributed by atoms with E-state index in [4.69, 9.17) is 16.3 Å². The van der Waals surface area contributed by atoms with Crippen LogP contribution in [0.5, 0.6) is 0 Å². The molecule has 0 aliphatic carbocycles. The SMILES string of the molecule is COC(c1ncc(Cl)cn1)C(C)S(=O)(=O)Nc1nnc(-c2ccccn2)n1C. The number of ether oxygens (including phenoxy) is 1. The summed E-state index contributed by atoms with van der Waals surface area (Å²) in [5.41, 5.74) is 0.570. The lowest BCUT2D eigenvalue weighted by molar-refractivity contribution is 0.0950. The molecule has 0 aromatic carbocycles. The van der Waals surface area contributed by atoms with Crippen LogP contribution >= 0.6 is 11.6 Å². The first-order chi connectivity index (χ1) is 13.3. The van der Waals surface area contributed by atoms with Gasteiger partial charge in [-0.15, -0.1) is 10.2 Å². The highest BCUT2D eigenvalue weighted by Gasteiger charge is 2.34. The van der Waals surface area contributed by atoms with E-state index in [0.717, 1.165) is 0 Å². The molecule has 1 N–H and O–H groups in total. The molecular weight excluding hydrogens is 406 g/mol. The van der Waals surface area contributed by atoms with E-state index in [2.05, 4.69) is 29.9 Å². The first-order valence-electron chi connectivity index (χ1n) is 8.16. The fraction of sp³-hybridized carbons (Fsp3) is 0.312. The molecule has 148 valence electrons. The van der Waals surface area contributed by atoms with Gasteiger partial charge in [-0.25, -0.2) is 18.4 Å². The number of pyridine rings is 1. The molecule has 3 rings (SSSR count). The standard InChI is InChI=1S/C16H18ClN7O3S/c1-10(13(27-3)14-19-8-11(17)9-20-14)28(25,26)23-16-22-21-15(24(16)2)12-6-4-5-7-18-12/h4-10,13H,1-3H3,(H,22,23). The van der Waals surface area contributed by atoms with Crippen LogP contribution in [0.25, 0.3) is 11.5 Å². The van der Waals surface area contributed by atoms with E-state index >= 15 is 0 Å². The largest absolute Gasteiger partial charge is 0.372 e. The monoisotopic (exact) mass is 423 g/mol. The van der Waals surface area contributed by atoms with Gasteiger partial charge in [0.15, 0.2) is 11.6 Å². The summed E-state index contributed by atoms with van der Waals surface area (Å²) in [7, 11) is -0.879. The predicted molar refractivity (Wildman–Crippen MR) is 103 cm³/mol. The molecule has 12 heteroatoms. The van der Waals surface area contributed by atoms with Crippen LogP contribution in [0.1, 0.15) is 18.9 Å². The van der Waals surface area contributed by atoms with E-state index in [1.807, 2.05) is 0 Å². The molecular formula is C16H18ClN7O3S. The van der Waals surface area contributed by atoms with Crippen molar-refractivity contribution >= 4 is 27.6 Å². The molecule has 0 fully saturated rings. The van der Waals surface area contributed by atoms with E-state index in [-0.39, 0.29) is 11.8 Å². The molecule has 28 heavy (non-hydrogen) atoms. The van der Waals surface area contributed by atoms with Gasteiger partial charge < -0.3 is 4.74 Å². The lowest BCUT2D eigenvalue weighted by atomic mass is 10.2. The Morgan fingerprint density at radius 2 is 1.89 bits per heavy atom. The molecule has 3 aromatic rings. The molecule has 0 aliphatic rings. The summed E-state index contributed by atoms with van der Waals surface area (Å²) in [6.45, 7) is 1.49. The van der Waals surface area contributed by atoms with Crippen LogP contribution < -0.4 is 4.72 Å². The Hall–Kier alpha value is -2.63. The summed E-state index contributed by atoms with van der Waals surface area (Å²) in [5.74, 6) is 0.687. The van der Waals surface area contributed by atoms with Gasteiger partial charge in [0.1, 0.15) is 17.0 Å².